The van der Waals surface area contributed by atoms with Crippen molar-refractivity contribution in [3.63, 3.8) is 0 Å². The number of anilines is 1. The van der Waals surface area contributed by atoms with Gasteiger partial charge in [0.25, 0.3) is 0 Å². The van der Waals surface area contributed by atoms with Crippen LogP contribution >= 0.6 is 0 Å². The van der Waals surface area contributed by atoms with E-state index < -0.39 is 0 Å². The van der Waals surface area contributed by atoms with Crippen LogP contribution < -0.4 is 4.90 Å². The van der Waals surface area contributed by atoms with Crippen molar-refractivity contribution < 1.29 is 4.42 Å². The van der Waals surface area contributed by atoms with Gasteiger partial charge in [-0.05, 0) is 29.8 Å². The highest BCUT2D eigenvalue weighted by atomic mass is 16.3. The molecule has 0 saturated carbocycles. The number of rotatable bonds is 3. The minimum absolute atomic E-state index is 0.788. The summed E-state index contributed by atoms with van der Waals surface area (Å²) >= 11 is 0. The number of fused-ring (bicyclic) bond motifs is 3. The Labute approximate surface area is 151 Å². The minimum Gasteiger partial charge on any atom is -0.450 e. The number of hydrogen-bond donors (Lipinski definition) is 0. The first-order valence-corrected chi connectivity index (χ1v) is 8.87. The predicted molar refractivity (Wildman–Crippen MR) is 101 cm³/mol. The molecule has 1 aliphatic rings. The van der Waals surface area contributed by atoms with Gasteiger partial charge in [-0.2, -0.15) is 0 Å². The molecule has 0 amide bonds. The van der Waals surface area contributed by atoms with Gasteiger partial charge in [0.05, 0.1) is 0 Å². The second kappa shape index (κ2) is 6.38. The molecular weight excluding hydrogens is 326 g/mol. The monoisotopic (exact) mass is 345 g/mol. The normalized spacial score (nSPS) is 15.8. The van der Waals surface area contributed by atoms with Gasteiger partial charge in [0, 0.05) is 50.5 Å². The summed E-state index contributed by atoms with van der Waals surface area (Å²) in [4.78, 5) is 17.8. The lowest BCUT2D eigenvalue weighted by atomic mass is 10.2. The van der Waals surface area contributed by atoms with Crippen LogP contribution in [-0.2, 0) is 6.54 Å². The average Bonchev–Trinajstić information content (AvgIpc) is 3.08. The molecule has 0 bridgehead atoms. The van der Waals surface area contributed by atoms with Crippen molar-refractivity contribution >= 4 is 27.9 Å². The first kappa shape index (κ1) is 15.3. The highest BCUT2D eigenvalue weighted by Crippen LogP contribution is 2.32. The molecule has 0 radical (unpaired) electrons. The Morgan fingerprint density at radius 3 is 2.58 bits per heavy atom. The topological polar surface area (TPSA) is 58.3 Å². The number of aromatic nitrogens is 3. The quantitative estimate of drug-likeness (QED) is 0.569. The number of hydrogen-bond acceptors (Lipinski definition) is 6. The molecule has 0 unspecified atom stereocenters. The Balaban J connectivity index is 1.38. The minimum atomic E-state index is 0.788. The summed E-state index contributed by atoms with van der Waals surface area (Å²) in [5.41, 5.74) is 3.84. The predicted octanol–water partition coefficient (Wildman–Crippen LogP) is 3.09. The second-order valence-corrected chi connectivity index (χ2v) is 6.59. The van der Waals surface area contributed by atoms with E-state index in [-0.39, 0.29) is 0 Å². The van der Waals surface area contributed by atoms with Crippen LogP contribution in [0.3, 0.4) is 0 Å². The highest BCUT2D eigenvalue weighted by Gasteiger charge is 2.22. The van der Waals surface area contributed by atoms with Crippen molar-refractivity contribution in [3.8, 4) is 0 Å². The van der Waals surface area contributed by atoms with E-state index in [2.05, 4.69) is 36.9 Å². The number of piperazine rings is 1. The molecule has 4 heterocycles. The Bertz CT molecular complexity index is 1040. The Morgan fingerprint density at radius 2 is 1.73 bits per heavy atom. The smallest absolute Gasteiger partial charge is 0.196 e. The largest absolute Gasteiger partial charge is 0.450 e. The summed E-state index contributed by atoms with van der Waals surface area (Å²) < 4.78 is 6.07. The van der Waals surface area contributed by atoms with Gasteiger partial charge in [-0.3, -0.25) is 9.88 Å². The van der Waals surface area contributed by atoms with E-state index in [1.807, 2.05) is 36.7 Å². The molecule has 0 atom stereocenters. The SMILES string of the molecule is c1ccc2c(c1)oc1c(N3CCN(Cc4ccncc4)CC3)ncnc12. The van der Waals surface area contributed by atoms with Crippen LogP contribution in [0.5, 0.6) is 0 Å². The van der Waals surface area contributed by atoms with Crippen LogP contribution in [0.15, 0.2) is 59.5 Å². The van der Waals surface area contributed by atoms with E-state index in [4.69, 9.17) is 4.42 Å². The summed E-state index contributed by atoms with van der Waals surface area (Å²) in [6.07, 6.45) is 5.35. The molecule has 1 aromatic carbocycles. The van der Waals surface area contributed by atoms with Gasteiger partial charge in [0.2, 0.25) is 0 Å². The van der Waals surface area contributed by atoms with Crippen molar-refractivity contribution in [2.45, 2.75) is 6.54 Å². The van der Waals surface area contributed by atoms with E-state index in [1.54, 1.807) is 6.33 Å². The van der Waals surface area contributed by atoms with Crippen molar-refractivity contribution in [1.29, 1.82) is 0 Å². The lowest BCUT2D eigenvalue weighted by molar-refractivity contribution is 0.249. The summed E-state index contributed by atoms with van der Waals surface area (Å²) in [6.45, 7) is 4.80. The number of para-hydroxylation sites is 1. The molecule has 5 rings (SSSR count). The molecule has 1 fully saturated rings. The zero-order chi connectivity index (χ0) is 17.3. The molecule has 0 aliphatic carbocycles. The van der Waals surface area contributed by atoms with Gasteiger partial charge in [-0.1, -0.05) is 12.1 Å². The zero-order valence-corrected chi connectivity index (χ0v) is 14.4. The maximum Gasteiger partial charge on any atom is 0.196 e. The first-order chi connectivity index (χ1) is 12.9. The molecule has 4 aromatic rings. The molecular formula is C20H19N5O. The average molecular weight is 345 g/mol. The summed E-state index contributed by atoms with van der Waals surface area (Å²) in [5, 5.41) is 1.04. The summed E-state index contributed by atoms with van der Waals surface area (Å²) in [6, 6.07) is 12.2. The third-order valence-electron chi connectivity index (χ3n) is 4.97. The van der Waals surface area contributed by atoms with Crippen LogP contribution in [0.2, 0.25) is 0 Å². The lowest BCUT2D eigenvalue weighted by Gasteiger charge is -2.35. The Kier molecular flexibility index (Phi) is 3.75. The van der Waals surface area contributed by atoms with Gasteiger partial charge in [0.1, 0.15) is 17.4 Å². The van der Waals surface area contributed by atoms with Crippen LogP contribution in [0.1, 0.15) is 5.56 Å². The fraction of sp³-hybridized carbons (Fsp3) is 0.250. The van der Waals surface area contributed by atoms with Crippen molar-refractivity contribution in [2.75, 3.05) is 31.1 Å². The Hall–Kier alpha value is -2.99. The fourth-order valence-electron chi connectivity index (χ4n) is 3.60. The molecule has 1 aliphatic heterocycles. The third kappa shape index (κ3) is 2.68. The molecule has 6 heteroatoms. The molecule has 0 N–H and O–H groups in total. The van der Waals surface area contributed by atoms with Crippen LogP contribution in [0.25, 0.3) is 22.1 Å². The van der Waals surface area contributed by atoms with E-state index in [0.29, 0.717) is 0 Å². The number of nitrogens with zero attached hydrogens (tertiary/aromatic N) is 5. The van der Waals surface area contributed by atoms with Crippen LogP contribution in [-0.4, -0.2) is 46.0 Å². The van der Waals surface area contributed by atoms with E-state index in [9.17, 15) is 0 Å². The molecule has 26 heavy (non-hydrogen) atoms. The van der Waals surface area contributed by atoms with Gasteiger partial charge in [-0.15, -0.1) is 0 Å². The van der Waals surface area contributed by atoms with Gasteiger partial charge < -0.3 is 9.32 Å². The number of pyridine rings is 1. The summed E-state index contributed by atoms with van der Waals surface area (Å²) in [7, 11) is 0. The molecule has 6 nitrogen and oxygen atoms in total. The van der Waals surface area contributed by atoms with E-state index in [0.717, 1.165) is 60.6 Å². The molecule has 130 valence electrons. The number of furan rings is 1. The van der Waals surface area contributed by atoms with E-state index in [1.165, 1.54) is 5.56 Å². The third-order valence-corrected chi connectivity index (χ3v) is 4.97. The van der Waals surface area contributed by atoms with Crippen LogP contribution in [0.4, 0.5) is 5.82 Å². The van der Waals surface area contributed by atoms with Crippen molar-refractivity contribution in [2.24, 2.45) is 0 Å². The highest BCUT2D eigenvalue weighted by molar-refractivity contribution is 6.05. The summed E-state index contributed by atoms with van der Waals surface area (Å²) in [5.74, 6) is 0.898. The van der Waals surface area contributed by atoms with Gasteiger partial charge >= 0.3 is 0 Å². The molecule has 1 saturated heterocycles. The van der Waals surface area contributed by atoms with Crippen molar-refractivity contribution in [3.05, 3.63) is 60.7 Å². The first-order valence-electron chi connectivity index (χ1n) is 8.87. The van der Waals surface area contributed by atoms with Gasteiger partial charge in [-0.25, -0.2) is 9.97 Å². The maximum absolute atomic E-state index is 6.07. The fourth-order valence-corrected chi connectivity index (χ4v) is 3.60. The molecule has 3 aromatic heterocycles. The second-order valence-electron chi connectivity index (χ2n) is 6.59. The lowest BCUT2D eigenvalue weighted by Crippen LogP contribution is -2.46. The number of benzene rings is 1. The zero-order valence-electron chi connectivity index (χ0n) is 14.4. The van der Waals surface area contributed by atoms with Crippen LogP contribution in [0, 0.1) is 0 Å². The van der Waals surface area contributed by atoms with Crippen molar-refractivity contribution in [1.82, 2.24) is 19.9 Å². The van der Waals surface area contributed by atoms with E-state index >= 15 is 0 Å². The maximum atomic E-state index is 6.07. The standard InChI is InChI=1S/C20H19N5O/c1-2-4-17-16(3-1)18-19(26-17)20(23-14-22-18)25-11-9-24(10-12-25)13-15-5-7-21-8-6-15/h1-8,14H,9-13H2. The Morgan fingerprint density at radius 1 is 0.923 bits per heavy atom. The van der Waals surface area contributed by atoms with Gasteiger partial charge in [0.15, 0.2) is 11.4 Å². The molecule has 0 spiro atoms.